The second kappa shape index (κ2) is 7.29. The van der Waals surface area contributed by atoms with Crippen LogP contribution in [0.1, 0.15) is 30.3 Å². The summed E-state index contributed by atoms with van der Waals surface area (Å²) >= 11 is 0. The Hall–Kier alpha value is -2.63. The third-order valence-electron chi connectivity index (χ3n) is 4.30. The monoisotopic (exact) mass is 326 g/mol. The number of hydrogen-bond donors (Lipinski definition) is 1. The fraction of sp³-hybridized carbons (Fsp3) is 0.389. The quantitative estimate of drug-likeness (QED) is 0.935. The van der Waals surface area contributed by atoms with Crippen LogP contribution in [0.4, 0.5) is 11.6 Å². The van der Waals surface area contributed by atoms with Gasteiger partial charge in [-0.1, -0.05) is 19.1 Å². The lowest BCUT2D eigenvalue weighted by atomic mass is 9.99. The van der Waals surface area contributed by atoms with E-state index in [2.05, 4.69) is 22.2 Å². The second-order valence-electron chi connectivity index (χ2n) is 6.07. The predicted octanol–water partition coefficient (Wildman–Crippen LogP) is 3.10. The number of ether oxygens (including phenoxy) is 1. The van der Waals surface area contributed by atoms with E-state index in [0.29, 0.717) is 23.3 Å². The van der Waals surface area contributed by atoms with Gasteiger partial charge in [0, 0.05) is 19.3 Å². The molecule has 0 bridgehead atoms. The molecule has 3 rings (SSSR count). The average molecular weight is 326 g/mol. The maximum Gasteiger partial charge on any atom is 0.272 e. The smallest absolute Gasteiger partial charge is 0.272 e. The van der Waals surface area contributed by atoms with Gasteiger partial charge in [0.2, 0.25) is 5.95 Å². The number of carbonyl (C=O) groups excluding carboxylic acids is 1. The lowest BCUT2D eigenvalue weighted by Crippen LogP contribution is -2.38. The van der Waals surface area contributed by atoms with Crippen LogP contribution in [0.2, 0.25) is 0 Å². The summed E-state index contributed by atoms with van der Waals surface area (Å²) in [5.74, 6) is 1.73. The zero-order chi connectivity index (χ0) is 16.9. The summed E-state index contributed by atoms with van der Waals surface area (Å²) in [6.07, 6.45) is 3.69. The maximum absolute atomic E-state index is 12.6. The number of para-hydroxylation sites is 2. The first-order valence-electron chi connectivity index (χ1n) is 8.19. The van der Waals surface area contributed by atoms with Crippen molar-refractivity contribution in [1.82, 2.24) is 14.9 Å². The molecule has 0 radical (unpaired) electrons. The van der Waals surface area contributed by atoms with E-state index in [1.807, 2.05) is 29.2 Å². The minimum atomic E-state index is -0.0348. The summed E-state index contributed by atoms with van der Waals surface area (Å²) in [5.41, 5.74) is 1.17. The summed E-state index contributed by atoms with van der Waals surface area (Å²) in [7, 11) is 1.61. The third-order valence-corrected chi connectivity index (χ3v) is 4.30. The van der Waals surface area contributed by atoms with E-state index in [1.54, 1.807) is 19.4 Å². The molecule has 1 N–H and O–H groups in total. The number of hydrogen-bond acceptors (Lipinski definition) is 5. The van der Waals surface area contributed by atoms with E-state index < -0.39 is 0 Å². The number of likely N-dealkylation sites (tertiary alicyclic amines) is 1. The highest BCUT2D eigenvalue weighted by Gasteiger charge is 2.22. The van der Waals surface area contributed by atoms with Gasteiger partial charge >= 0.3 is 0 Å². The van der Waals surface area contributed by atoms with Crippen LogP contribution in [0.5, 0.6) is 5.75 Å². The minimum absolute atomic E-state index is 0.0348. The van der Waals surface area contributed by atoms with Gasteiger partial charge in [-0.2, -0.15) is 0 Å². The highest BCUT2D eigenvalue weighted by molar-refractivity contribution is 5.92. The SMILES string of the molecule is COc1ccccc1Nc1nccc(C(=O)N2CCC(C)CC2)n1. The van der Waals surface area contributed by atoms with Gasteiger partial charge in [-0.05, 0) is 37.0 Å². The number of nitrogens with one attached hydrogen (secondary N) is 1. The first kappa shape index (κ1) is 16.2. The van der Waals surface area contributed by atoms with Crippen molar-refractivity contribution in [2.75, 3.05) is 25.5 Å². The van der Waals surface area contributed by atoms with E-state index in [1.165, 1.54) is 0 Å². The van der Waals surface area contributed by atoms with Crippen LogP contribution >= 0.6 is 0 Å². The van der Waals surface area contributed by atoms with Crippen molar-refractivity contribution in [3.05, 3.63) is 42.2 Å². The topological polar surface area (TPSA) is 67.3 Å². The molecular weight excluding hydrogens is 304 g/mol. The largest absolute Gasteiger partial charge is 0.495 e. The fourth-order valence-electron chi connectivity index (χ4n) is 2.78. The molecule has 1 amide bonds. The normalized spacial score (nSPS) is 15.2. The van der Waals surface area contributed by atoms with E-state index in [0.717, 1.165) is 31.6 Å². The first-order chi connectivity index (χ1) is 11.7. The lowest BCUT2D eigenvalue weighted by Gasteiger charge is -2.30. The van der Waals surface area contributed by atoms with Crippen molar-refractivity contribution in [3.8, 4) is 5.75 Å². The molecular formula is C18H22N4O2. The number of amides is 1. The van der Waals surface area contributed by atoms with Crippen molar-refractivity contribution in [1.29, 1.82) is 0 Å². The molecule has 24 heavy (non-hydrogen) atoms. The van der Waals surface area contributed by atoms with E-state index in [9.17, 15) is 4.79 Å². The Balaban J connectivity index is 1.75. The molecule has 6 nitrogen and oxygen atoms in total. The first-order valence-corrected chi connectivity index (χ1v) is 8.19. The van der Waals surface area contributed by atoms with Crippen molar-refractivity contribution in [3.63, 3.8) is 0 Å². The number of anilines is 2. The molecule has 2 heterocycles. The molecule has 1 aromatic carbocycles. The molecule has 0 saturated carbocycles. The van der Waals surface area contributed by atoms with E-state index >= 15 is 0 Å². The molecule has 126 valence electrons. The molecule has 6 heteroatoms. The number of carbonyl (C=O) groups is 1. The maximum atomic E-state index is 12.6. The van der Waals surface area contributed by atoms with Gasteiger partial charge in [0.25, 0.3) is 5.91 Å². The Morgan fingerprint density at radius 3 is 2.75 bits per heavy atom. The average Bonchev–Trinajstić information content (AvgIpc) is 2.62. The second-order valence-corrected chi connectivity index (χ2v) is 6.07. The Morgan fingerprint density at radius 2 is 2.00 bits per heavy atom. The lowest BCUT2D eigenvalue weighted by molar-refractivity contribution is 0.0691. The molecule has 0 unspecified atom stereocenters. The number of methoxy groups -OCH3 is 1. The Labute approximate surface area is 141 Å². The molecule has 0 aliphatic carbocycles. The van der Waals surface area contributed by atoms with Crippen molar-refractivity contribution < 1.29 is 9.53 Å². The van der Waals surface area contributed by atoms with Crippen LogP contribution in [0.25, 0.3) is 0 Å². The van der Waals surface area contributed by atoms with Gasteiger partial charge in [0.05, 0.1) is 12.8 Å². The zero-order valence-corrected chi connectivity index (χ0v) is 14.0. The highest BCUT2D eigenvalue weighted by Crippen LogP contribution is 2.25. The summed E-state index contributed by atoms with van der Waals surface area (Å²) in [5, 5.41) is 3.11. The number of nitrogens with zero attached hydrogens (tertiary/aromatic N) is 3. The Kier molecular flexibility index (Phi) is 4.93. The molecule has 2 aromatic rings. The van der Waals surface area contributed by atoms with Crippen LogP contribution in [0.15, 0.2) is 36.5 Å². The van der Waals surface area contributed by atoms with Crippen LogP contribution < -0.4 is 10.1 Å². The van der Waals surface area contributed by atoms with Crippen molar-refractivity contribution >= 4 is 17.5 Å². The van der Waals surface area contributed by atoms with Gasteiger partial charge in [-0.15, -0.1) is 0 Å². The summed E-state index contributed by atoms with van der Waals surface area (Å²) in [4.78, 5) is 23.1. The summed E-state index contributed by atoms with van der Waals surface area (Å²) < 4.78 is 5.31. The molecule has 0 atom stereocenters. The summed E-state index contributed by atoms with van der Waals surface area (Å²) in [6.45, 7) is 3.81. The predicted molar refractivity (Wildman–Crippen MR) is 92.6 cm³/mol. The molecule has 1 fully saturated rings. The third kappa shape index (κ3) is 3.64. The van der Waals surface area contributed by atoms with Gasteiger partial charge < -0.3 is 15.0 Å². The number of piperidine rings is 1. The zero-order valence-electron chi connectivity index (χ0n) is 14.0. The Bertz CT molecular complexity index is 712. The van der Waals surface area contributed by atoms with Crippen molar-refractivity contribution in [2.45, 2.75) is 19.8 Å². The molecule has 1 aliphatic heterocycles. The van der Waals surface area contributed by atoms with Crippen LogP contribution in [0, 0.1) is 5.92 Å². The number of benzene rings is 1. The standard InChI is InChI=1S/C18H22N4O2/c1-13-8-11-22(12-9-13)17(23)15-7-10-19-18(21-15)20-14-5-3-4-6-16(14)24-2/h3-7,10,13H,8-9,11-12H2,1-2H3,(H,19,20,21). The highest BCUT2D eigenvalue weighted by atomic mass is 16.5. The molecule has 1 aromatic heterocycles. The van der Waals surface area contributed by atoms with Crippen LogP contribution in [0.3, 0.4) is 0 Å². The number of aromatic nitrogens is 2. The van der Waals surface area contributed by atoms with E-state index in [-0.39, 0.29) is 5.91 Å². The van der Waals surface area contributed by atoms with E-state index in [4.69, 9.17) is 4.74 Å². The molecule has 1 saturated heterocycles. The van der Waals surface area contributed by atoms with Crippen molar-refractivity contribution in [2.24, 2.45) is 5.92 Å². The molecule has 1 aliphatic rings. The van der Waals surface area contributed by atoms with Gasteiger partial charge in [0.1, 0.15) is 11.4 Å². The van der Waals surface area contributed by atoms with Crippen LogP contribution in [-0.2, 0) is 0 Å². The Morgan fingerprint density at radius 1 is 1.25 bits per heavy atom. The van der Waals surface area contributed by atoms with Gasteiger partial charge in [0.15, 0.2) is 0 Å². The minimum Gasteiger partial charge on any atom is -0.495 e. The summed E-state index contributed by atoms with van der Waals surface area (Å²) in [6, 6.07) is 9.18. The van der Waals surface area contributed by atoms with Gasteiger partial charge in [-0.25, -0.2) is 9.97 Å². The number of rotatable bonds is 4. The fourth-order valence-corrected chi connectivity index (χ4v) is 2.78. The molecule has 0 spiro atoms. The van der Waals surface area contributed by atoms with Crippen LogP contribution in [-0.4, -0.2) is 41.0 Å². The van der Waals surface area contributed by atoms with Gasteiger partial charge in [-0.3, -0.25) is 4.79 Å².